The third kappa shape index (κ3) is 5.41. The van der Waals surface area contributed by atoms with Crippen molar-refractivity contribution in [2.75, 3.05) is 33.3 Å². The highest BCUT2D eigenvalue weighted by Crippen LogP contribution is 2.30. The summed E-state index contributed by atoms with van der Waals surface area (Å²) >= 11 is 0. The zero-order valence-corrected chi connectivity index (χ0v) is 17.6. The number of amides is 1. The number of methoxy groups -OCH3 is 1. The molecule has 1 aliphatic heterocycles. The Hall–Kier alpha value is -2.27. The van der Waals surface area contributed by atoms with Crippen LogP contribution in [0.1, 0.15) is 48.9 Å². The molecule has 0 radical (unpaired) electrons. The summed E-state index contributed by atoms with van der Waals surface area (Å²) in [6.07, 6.45) is 11.0. The standard InChI is InChI=1S/C24H34N2O3/c1-4-14-26(15-5-2)24(27)22-18-21(28-3)10-11-23(22)29-20-12-16-25(17-13-20)19-8-6-7-9-19/h4-5,10-11,18-20H,1-2,6-9,12-17H2,3H3. The van der Waals surface area contributed by atoms with Crippen molar-refractivity contribution in [1.29, 1.82) is 0 Å². The predicted molar refractivity (Wildman–Crippen MR) is 117 cm³/mol. The van der Waals surface area contributed by atoms with E-state index in [1.54, 1.807) is 30.2 Å². The molecule has 3 rings (SSSR count). The third-order valence-corrected chi connectivity index (χ3v) is 6.01. The average Bonchev–Trinajstić information content (AvgIpc) is 3.29. The minimum atomic E-state index is -0.0953. The van der Waals surface area contributed by atoms with E-state index in [9.17, 15) is 4.79 Å². The van der Waals surface area contributed by atoms with Crippen LogP contribution in [0.25, 0.3) is 0 Å². The van der Waals surface area contributed by atoms with Gasteiger partial charge in [-0.3, -0.25) is 4.79 Å². The van der Waals surface area contributed by atoms with Crippen molar-refractivity contribution in [2.45, 2.75) is 50.7 Å². The van der Waals surface area contributed by atoms with E-state index in [1.165, 1.54) is 25.7 Å². The lowest BCUT2D eigenvalue weighted by Gasteiger charge is -2.36. The van der Waals surface area contributed by atoms with Crippen LogP contribution < -0.4 is 9.47 Å². The van der Waals surface area contributed by atoms with Crippen molar-refractivity contribution in [2.24, 2.45) is 0 Å². The first-order valence-corrected chi connectivity index (χ1v) is 10.8. The van der Waals surface area contributed by atoms with E-state index in [0.29, 0.717) is 30.2 Å². The van der Waals surface area contributed by atoms with Crippen molar-refractivity contribution in [3.8, 4) is 11.5 Å². The highest BCUT2D eigenvalue weighted by atomic mass is 16.5. The molecule has 158 valence electrons. The maximum atomic E-state index is 13.2. The molecule has 0 spiro atoms. The van der Waals surface area contributed by atoms with Gasteiger partial charge in [-0.25, -0.2) is 0 Å². The molecule has 0 bridgehead atoms. The Kier molecular flexibility index (Phi) is 7.76. The zero-order chi connectivity index (χ0) is 20.6. The number of likely N-dealkylation sites (tertiary alicyclic amines) is 1. The van der Waals surface area contributed by atoms with Crippen molar-refractivity contribution in [3.05, 3.63) is 49.1 Å². The Labute approximate surface area is 175 Å². The van der Waals surface area contributed by atoms with Crippen LogP contribution >= 0.6 is 0 Å². The molecule has 1 saturated heterocycles. The number of piperidine rings is 1. The fourth-order valence-corrected chi connectivity index (χ4v) is 4.44. The molecule has 29 heavy (non-hydrogen) atoms. The van der Waals surface area contributed by atoms with Gasteiger partial charge in [-0.2, -0.15) is 0 Å². The topological polar surface area (TPSA) is 42.0 Å². The van der Waals surface area contributed by atoms with Gasteiger partial charge in [0.25, 0.3) is 5.91 Å². The van der Waals surface area contributed by atoms with Gasteiger partial charge >= 0.3 is 0 Å². The summed E-state index contributed by atoms with van der Waals surface area (Å²) in [6.45, 7) is 10.6. The third-order valence-electron chi connectivity index (χ3n) is 6.01. The van der Waals surface area contributed by atoms with Crippen LogP contribution in [0.2, 0.25) is 0 Å². The normalized spacial score (nSPS) is 18.4. The minimum Gasteiger partial charge on any atom is -0.497 e. The number of hydrogen-bond donors (Lipinski definition) is 0. The highest BCUT2D eigenvalue weighted by Gasteiger charge is 2.29. The number of ether oxygens (including phenoxy) is 2. The van der Waals surface area contributed by atoms with Crippen molar-refractivity contribution < 1.29 is 14.3 Å². The number of carbonyl (C=O) groups is 1. The fraction of sp³-hybridized carbons (Fsp3) is 0.542. The number of rotatable bonds is 9. The van der Waals surface area contributed by atoms with E-state index in [0.717, 1.165) is 32.0 Å². The van der Waals surface area contributed by atoms with E-state index in [4.69, 9.17) is 9.47 Å². The molecule has 1 saturated carbocycles. The van der Waals surface area contributed by atoms with Crippen LogP contribution in [0.5, 0.6) is 11.5 Å². The van der Waals surface area contributed by atoms with Crippen LogP contribution in [0.15, 0.2) is 43.5 Å². The van der Waals surface area contributed by atoms with E-state index >= 15 is 0 Å². The molecule has 1 aromatic rings. The number of carbonyl (C=O) groups excluding carboxylic acids is 1. The lowest BCUT2D eigenvalue weighted by atomic mass is 10.0. The monoisotopic (exact) mass is 398 g/mol. The average molecular weight is 399 g/mol. The first-order valence-electron chi connectivity index (χ1n) is 10.8. The molecule has 1 amide bonds. The van der Waals surface area contributed by atoms with Crippen LogP contribution in [0, 0.1) is 0 Å². The molecule has 1 heterocycles. The highest BCUT2D eigenvalue weighted by molar-refractivity contribution is 5.97. The summed E-state index contributed by atoms with van der Waals surface area (Å²) in [5, 5.41) is 0. The molecule has 0 N–H and O–H groups in total. The molecule has 0 atom stereocenters. The second-order valence-electron chi connectivity index (χ2n) is 7.94. The van der Waals surface area contributed by atoms with Crippen LogP contribution in [0.3, 0.4) is 0 Å². The second-order valence-corrected chi connectivity index (χ2v) is 7.94. The smallest absolute Gasteiger partial charge is 0.258 e. The largest absolute Gasteiger partial charge is 0.497 e. The summed E-state index contributed by atoms with van der Waals surface area (Å²) in [5.41, 5.74) is 0.534. The van der Waals surface area contributed by atoms with E-state index in [1.807, 2.05) is 12.1 Å². The number of hydrogen-bond acceptors (Lipinski definition) is 4. The molecular weight excluding hydrogens is 364 g/mol. The lowest BCUT2D eigenvalue weighted by molar-refractivity contribution is 0.0712. The van der Waals surface area contributed by atoms with Gasteiger partial charge < -0.3 is 19.3 Å². The molecule has 1 aliphatic carbocycles. The van der Waals surface area contributed by atoms with Gasteiger partial charge in [0.05, 0.1) is 12.7 Å². The Morgan fingerprint density at radius 1 is 1.14 bits per heavy atom. The number of benzene rings is 1. The SMILES string of the molecule is C=CCN(CC=C)C(=O)c1cc(OC)ccc1OC1CCN(C2CCCC2)CC1. The Morgan fingerprint density at radius 2 is 1.79 bits per heavy atom. The molecule has 0 unspecified atom stereocenters. The first-order chi connectivity index (χ1) is 14.2. The molecule has 2 aliphatic rings. The summed E-state index contributed by atoms with van der Waals surface area (Å²) in [7, 11) is 1.61. The van der Waals surface area contributed by atoms with Crippen LogP contribution in [-0.2, 0) is 0 Å². The summed E-state index contributed by atoms with van der Waals surface area (Å²) < 4.78 is 11.7. The van der Waals surface area contributed by atoms with Crippen LogP contribution in [0.4, 0.5) is 0 Å². The van der Waals surface area contributed by atoms with Crippen molar-refractivity contribution in [3.63, 3.8) is 0 Å². The quantitative estimate of drug-likeness (QED) is 0.582. The molecule has 1 aromatic carbocycles. The van der Waals surface area contributed by atoms with Crippen molar-refractivity contribution in [1.82, 2.24) is 9.80 Å². The minimum absolute atomic E-state index is 0.0953. The van der Waals surface area contributed by atoms with E-state index in [-0.39, 0.29) is 12.0 Å². The summed E-state index contributed by atoms with van der Waals surface area (Å²) in [4.78, 5) is 17.5. The molecule has 5 heteroatoms. The number of nitrogens with zero attached hydrogens (tertiary/aromatic N) is 2. The summed E-state index contributed by atoms with van der Waals surface area (Å²) in [6, 6.07) is 6.24. The van der Waals surface area contributed by atoms with Crippen LogP contribution in [-0.4, -0.2) is 61.1 Å². The first kappa shape index (κ1) is 21.4. The maximum absolute atomic E-state index is 13.2. The molecular formula is C24H34N2O3. The van der Waals surface area contributed by atoms with Gasteiger partial charge in [0, 0.05) is 32.2 Å². The van der Waals surface area contributed by atoms with Crippen molar-refractivity contribution >= 4 is 5.91 Å². The Balaban J connectivity index is 1.71. The van der Waals surface area contributed by atoms with Gasteiger partial charge in [0.2, 0.25) is 0 Å². The van der Waals surface area contributed by atoms with Gasteiger partial charge in [0.1, 0.15) is 17.6 Å². The van der Waals surface area contributed by atoms with Gasteiger partial charge in [-0.1, -0.05) is 25.0 Å². The molecule has 2 fully saturated rings. The predicted octanol–water partition coefficient (Wildman–Crippen LogP) is 4.30. The second kappa shape index (κ2) is 10.5. The van der Waals surface area contributed by atoms with Gasteiger partial charge in [-0.05, 0) is 43.9 Å². The van der Waals surface area contributed by atoms with E-state index < -0.39 is 0 Å². The molecule has 0 aromatic heterocycles. The van der Waals surface area contributed by atoms with Gasteiger partial charge in [-0.15, -0.1) is 13.2 Å². The Morgan fingerprint density at radius 3 is 2.38 bits per heavy atom. The maximum Gasteiger partial charge on any atom is 0.258 e. The van der Waals surface area contributed by atoms with E-state index in [2.05, 4.69) is 18.1 Å². The zero-order valence-electron chi connectivity index (χ0n) is 17.6. The fourth-order valence-electron chi connectivity index (χ4n) is 4.44. The van der Waals surface area contributed by atoms with Gasteiger partial charge in [0.15, 0.2) is 0 Å². The Bertz CT molecular complexity index is 694. The molecule has 5 nitrogen and oxygen atoms in total. The lowest BCUT2D eigenvalue weighted by Crippen LogP contribution is -2.43. The summed E-state index contributed by atoms with van der Waals surface area (Å²) in [5.74, 6) is 1.18.